The number of carboxylic acid groups (broad SMARTS) is 1. The zero-order valence-electron chi connectivity index (χ0n) is 7.69. The van der Waals surface area contributed by atoms with E-state index in [9.17, 15) is 4.79 Å². The molecule has 1 rings (SSSR count). The number of carboxylic acids is 1. The van der Waals surface area contributed by atoms with Crippen LogP contribution in [0.4, 0.5) is 0 Å². The van der Waals surface area contributed by atoms with Crippen molar-refractivity contribution >= 4 is 17.3 Å². The van der Waals surface area contributed by atoms with Gasteiger partial charge in [-0.05, 0) is 0 Å². The van der Waals surface area contributed by atoms with Gasteiger partial charge < -0.3 is 16.2 Å². The van der Waals surface area contributed by atoms with Gasteiger partial charge in [-0.3, -0.25) is 4.79 Å². The maximum atomic E-state index is 10.5. The number of aliphatic carboxylic acids is 1. The van der Waals surface area contributed by atoms with Gasteiger partial charge in [0.1, 0.15) is 0 Å². The second kappa shape index (κ2) is 5.69. The molecular formula is C8H13N3O2S. The van der Waals surface area contributed by atoms with Crippen LogP contribution in [0.2, 0.25) is 0 Å². The van der Waals surface area contributed by atoms with Crippen LogP contribution in [0.1, 0.15) is 10.6 Å². The minimum absolute atomic E-state index is 0.0108. The maximum Gasteiger partial charge on any atom is 0.309 e. The van der Waals surface area contributed by atoms with Crippen LogP contribution in [0.25, 0.3) is 0 Å². The summed E-state index contributed by atoms with van der Waals surface area (Å²) in [6.45, 7) is 1.95. The van der Waals surface area contributed by atoms with E-state index in [4.69, 9.17) is 10.8 Å². The molecule has 0 amide bonds. The van der Waals surface area contributed by atoms with Gasteiger partial charge in [0.05, 0.1) is 17.6 Å². The Balaban J connectivity index is 2.49. The van der Waals surface area contributed by atoms with Gasteiger partial charge in [-0.1, -0.05) is 0 Å². The summed E-state index contributed by atoms with van der Waals surface area (Å²) in [7, 11) is 0. The molecule has 0 bridgehead atoms. The van der Waals surface area contributed by atoms with Gasteiger partial charge in [0.25, 0.3) is 0 Å². The monoisotopic (exact) mass is 215 g/mol. The number of hydrogen-bond acceptors (Lipinski definition) is 5. The molecule has 0 spiro atoms. The van der Waals surface area contributed by atoms with E-state index in [1.54, 1.807) is 5.51 Å². The van der Waals surface area contributed by atoms with E-state index in [1.165, 1.54) is 11.3 Å². The summed E-state index contributed by atoms with van der Waals surface area (Å²) in [5, 5.41) is 11.7. The van der Waals surface area contributed by atoms with Crippen LogP contribution in [0.5, 0.6) is 0 Å². The molecule has 5 nitrogen and oxygen atoms in total. The molecule has 0 saturated carbocycles. The first kappa shape index (κ1) is 11.1. The molecule has 0 aliphatic carbocycles. The Hall–Kier alpha value is -0.980. The van der Waals surface area contributed by atoms with E-state index in [1.807, 2.05) is 0 Å². The van der Waals surface area contributed by atoms with E-state index in [-0.39, 0.29) is 6.42 Å². The summed E-state index contributed by atoms with van der Waals surface area (Å²) in [4.78, 5) is 15.4. The summed E-state index contributed by atoms with van der Waals surface area (Å²) in [5.41, 5.74) is 7.63. The van der Waals surface area contributed by atoms with E-state index < -0.39 is 5.97 Å². The molecule has 6 heteroatoms. The first-order chi connectivity index (χ1) is 6.74. The average Bonchev–Trinajstić information content (AvgIpc) is 2.52. The Kier molecular flexibility index (Phi) is 4.51. The van der Waals surface area contributed by atoms with Crippen molar-refractivity contribution in [3.05, 3.63) is 16.1 Å². The topological polar surface area (TPSA) is 88.2 Å². The molecule has 14 heavy (non-hydrogen) atoms. The smallest absolute Gasteiger partial charge is 0.309 e. The van der Waals surface area contributed by atoms with Gasteiger partial charge in [-0.15, -0.1) is 11.3 Å². The molecular weight excluding hydrogens is 202 g/mol. The third-order valence-electron chi connectivity index (χ3n) is 1.65. The lowest BCUT2D eigenvalue weighted by atomic mass is 10.3. The van der Waals surface area contributed by atoms with E-state index in [0.29, 0.717) is 18.8 Å². The van der Waals surface area contributed by atoms with Crippen LogP contribution < -0.4 is 11.1 Å². The molecule has 0 aliphatic rings. The predicted octanol–water partition coefficient (Wildman–Crippen LogP) is -0.182. The summed E-state index contributed by atoms with van der Waals surface area (Å²) in [6, 6.07) is 0. The summed E-state index contributed by atoms with van der Waals surface area (Å²) in [5.74, 6) is -0.851. The summed E-state index contributed by atoms with van der Waals surface area (Å²) >= 11 is 1.46. The second-order valence-electron chi connectivity index (χ2n) is 2.76. The Morgan fingerprint density at radius 3 is 3.14 bits per heavy atom. The molecule has 0 radical (unpaired) electrons. The van der Waals surface area contributed by atoms with Gasteiger partial charge in [0, 0.05) is 24.5 Å². The molecule has 0 saturated heterocycles. The van der Waals surface area contributed by atoms with Gasteiger partial charge in [-0.25, -0.2) is 4.98 Å². The van der Waals surface area contributed by atoms with Crippen molar-refractivity contribution in [3.8, 4) is 0 Å². The predicted molar refractivity (Wildman–Crippen MR) is 54.2 cm³/mol. The van der Waals surface area contributed by atoms with Crippen LogP contribution in [0.3, 0.4) is 0 Å². The van der Waals surface area contributed by atoms with Crippen molar-refractivity contribution in [2.75, 3.05) is 13.1 Å². The van der Waals surface area contributed by atoms with Gasteiger partial charge in [0.15, 0.2) is 0 Å². The first-order valence-electron chi connectivity index (χ1n) is 4.28. The minimum atomic E-state index is -0.851. The Morgan fingerprint density at radius 1 is 1.71 bits per heavy atom. The number of nitrogens with two attached hydrogens (primary N) is 1. The SMILES string of the molecule is NCCNCc1scnc1CC(=O)O. The lowest BCUT2D eigenvalue weighted by Gasteiger charge is -2.01. The number of rotatable bonds is 6. The van der Waals surface area contributed by atoms with Crippen molar-refractivity contribution in [1.29, 1.82) is 0 Å². The highest BCUT2D eigenvalue weighted by atomic mass is 32.1. The number of nitrogens with one attached hydrogen (secondary N) is 1. The minimum Gasteiger partial charge on any atom is -0.481 e. The third kappa shape index (κ3) is 3.41. The van der Waals surface area contributed by atoms with Crippen molar-refractivity contribution < 1.29 is 9.90 Å². The fraction of sp³-hybridized carbons (Fsp3) is 0.500. The normalized spacial score (nSPS) is 10.4. The quantitative estimate of drug-likeness (QED) is 0.573. The second-order valence-corrected chi connectivity index (χ2v) is 3.70. The number of nitrogens with zero attached hydrogens (tertiary/aromatic N) is 1. The Bertz CT molecular complexity index is 301. The van der Waals surface area contributed by atoms with E-state index >= 15 is 0 Å². The lowest BCUT2D eigenvalue weighted by molar-refractivity contribution is -0.136. The summed E-state index contributed by atoms with van der Waals surface area (Å²) < 4.78 is 0. The molecule has 1 aromatic rings. The summed E-state index contributed by atoms with van der Waals surface area (Å²) in [6.07, 6.45) is -0.0108. The molecule has 0 atom stereocenters. The van der Waals surface area contributed by atoms with Crippen LogP contribution in [-0.4, -0.2) is 29.1 Å². The zero-order valence-corrected chi connectivity index (χ0v) is 8.51. The highest BCUT2D eigenvalue weighted by Crippen LogP contribution is 2.13. The molecule has 1 aromatic heterocycles. The maximum absolute atomic E-state index is 10.5. The molecule has 0 aliphatic heterocycles. The first-order valence-corrected chi connectivity index (χ1v) is 5.16. The molecule has 0 aromatic carbocycles. The van der Waals surface area contributed by atoms with E-state index in [0.717, 1.165) is 11.4 Å². The third-order valence-corrected chi connectivity index (χ3v) is 2.53. The molecule has 1 heterocycles. The average molecular weight is 215 g/mol. The molecule has 78 valence electrons. The molecule has 0 fully saturated rings. The highest BCUT2D eigenvalue weighted by molar-refractivity contribution is 7.09. The molecule has 0 unspecified atom stereocenters. The van der Waals surface area contributed by atoms with Gasteiger partial charge in [-0.2, -0.15) is 0 Å². The van der Waals surface area contributed by atoms with Crippen LogP contribution >= 0.6 is 11.3 Å². The number of carbonyl (C=O) groups is 1. The van der Waals surface area contributed by atoms with Crippen molar-refractivity contribution in [1.82, 2.24) is 10.3 Å². The largest absolute Gasteiger partial charge is 0.481 e. The lowest BCUT2D eigenvalue weighted by Crippen LogP contribution is -2.22. The standard InChI is InChI=1S/C8H13N3O2S/c9-1-2-10-4-7-6(3-8(12)13)11-5-14-7/h5,10H,1-4,9H2,(H,12,13). The van der Waals surface area contributed by atoms with Gasteiger partial charge in [0.2, 0.25) is 0 Å². The fourth-order valence-electron chi connectivity index (χ4n) is 1.03. The molecule has 4 N–H and O–H groups in total. The number of thiazole rings is 1. The van der Waals surface area contributed by atoms with Crippen LogP contribution in [0, 0.1) is 0 Å². The van der Waals surface area contributed by atoms with Gasteiger partial charge >= 0.3 is 5.97 Å². The van der Waals surface area contributed by atoms with Crippen LogP contribution in [-0.2, 0) is 17.8 Å². The van der Waals surface area contributed by atoms with Crippen molar-refractivity contribution in [2.45, 2.75) is 13.0 Å². The van der Waals surface area contributed by atoms with Crippen molar-refractivity contribution in [2.24, 2.45) is 5.73 Å². The van der Waals surface area contributed by atoms with Crippen LogP contribution in [0.15, 0.2) is 5.51 Å². The highest BCUT2D eigenvalue weighted by Gasteiger charge is 2.09. The Morgan fingerprint density at radius 2 is 2.50 bits per heavy atom. The van der Waals surface area contributed by atoms with Crippen molar-refractivity contribution in [3.63, 3.8) is 0 Å². The van der Waals surface area contributed by atoms with E-state index in [2.05, 4.69) is 10.3 Å². The number of aromatic nitrogens is 1. The number of hydrogen-bond donors (Lipinski definition) is 3. The zero-order chi connectivity index (χ0) is 10.4. The fourth-order valence-corrected chi connectivity index (χ4v) is 1.78. The Labute approximate surface area is 86.0 Å².